The standard InChI is InChI=1S/C21H23N3O3/c1-14-17-12-16(26-2)5-6-18(17)27-20(14)21(25)23-13-15-7-8-22-19(11-15)24-9-3-4-10-24/h5-8,11-12H,3-4,9-10,13H2,1-2H3,(H,23,25). The maximum Gasteiger partial charge on any atom is 0.287 e. The molecule has 140 valence electrons. The Bertz CT molecular complexity index is 974. The smallest absolute Gasteiger partial charge is 0.287 e. The Morgan fingerprint density at radius 2 is 2.07 bits per heavy atom. The van der Waals surface area contributed by atoms with Crippen molar-refractivity contribution >= 4 is 22.7 Å². The normalized spacial score (nSPS) is 13.9. The number of methoxy groups -OCH3 is 1. The molecule has 0 atom stereocenters. The van der Waals surface area contributed by atoms with E-state index in [0.717, 1.165) is 41.2 Å². The zero-order valence-corrected chi connectivity index (χ0v) is 15.6. The predicted molar refractivity (Wildman–Crippen MR) is 104 cm³/mol. The molecule has 0 bridgehead atoms. The lowest BCUT2D eigenvalue weighted by Gasteiger charge is -2.16. The number of nitrogens with one attached hydrogen (secondary N) is 1. The van der Waals surface area contributed by atoms with Crippen LogP contribution in [0.5, 0.6) is 5.75 Å². The van der Waals surface area contributed by atoms with E-state index in [1.165, 1.54) is 12.8 Å². The number of benzene rings is 1. The lowest BCUT2D eigenvalue weighted by molar-refractivity contribution is 0.0924. The molecule has 0 aliphatic carbocycles. The molecule has 3 aromatic rings. The molecule has 6 heteroatoms. The summed E-state index contributed by atoms with van der Waals surface area (Å²) in [6.07, 6.45) is 4.21. The van der Waals surface area contributed by atoms with Gasteiger partial charge in [-0.15, -0.1) is 0 Å². The van der Waals surface area contributed by atoms with Crippen molar-refractivity contribution in [2.45, 2.75) is 26.3 Å². The molecule has 1 amide bonds. The van der Waals surface area contributed by atoms with Crippen LogP contribution in [0.4, 0.5) is 5.82 Å². The number of carbonyl (C=O) groups excluding carboxylic acids is 1. The van der Waals surface area contributed by atoms with Gasteiger partial charge in [-0.25, -0.2) is 4.98 Å². The highest BCUT2D eigenvalue weighted by Gasteiger charge is 2.18. The van der Waals surface area contributed by atoms with Crippen LogP contribution in [0.3, 0.4) is 0 Å². The summed E-state index contributed by atoms with van der Waals surface area (Å²) in [6.45, 7) is 4.41. The van der Waals surface area contributed by atoms with E-state index in [9.17, 15) is 4.79 Å². The van der Waals surface area contributed by atoms with Gasteiger partial charge in [0.25, 0.3) is 5.91 Å². The van der Waals surface area contributed by atoms with Gasteiger partial charge >= 0.3 is 0 Å². The van der Waals surface area contributed by atoms with Crippen molar-refractivity contribution in [3.05, 3.63) is 53.4 Å². The number of aromatic nitrogens is 1. The van der Waals surface area contributed by atoms with E-state index in [1.54, 1.807) is 13.3 Å². The maximum atomic E-state index is 12.6. The van der Waals surface area contributed by atoms with Gasteiger partial charge in [0.05, 0.1) is 7.11 Å². The molecular weight excluding hydrogens is 342 g/mol. The number of anilines is 1. The number of amides is 1. The first-order valence-corrected chi connectivity index (χ1v) is 9.21. The van der Waals surface area contributed by atoms with Gasteiger partial charge in [-0.05, 0) is 55.7 Å². The first-order valence-electron chi connectivity index (χ1n) is 9.21. The van der Waals surface area contributed by atoms with Crippen molar-refractivity contribution in [2.75, 3.05) is 25.1 Å². The third kappa shape index (κ3) is 3.47. The lowest BCUT2D eigenvalue weighted by atomic mass is 10.1. The Hall–Kier alpha value is -3.02. The Morgan fingerprint density at radius 1 is 1.26 bits per heavy atom. The number of hydrogen-bond acceptors (Lipinski definition) is 5. The zero-order chi connectivity index (χ0) is 18.8. The van der Waals surface area contributed by atoms with Crippen LogP contribution in [0.2, 0.25) is 0 Å². The van der Waals surface area contributed by atoms with E-state index in [1.807, 2.05) is 37.3 Å². The van der Waals surface area contributed by atoms with Crippen molar-refractivity contribution in [2.24, 2.45) is 0 Å². The fourth-order valence-electron chi connectivity index (χ4n) is 3.50. The summed E-state index contributed by atoms with van der Waals surface area (Å²) >= 11 is 0. The number of rotatable bonds is 5. The molecule has 0 radical (unpaired) electrons. The Labute approximate surface area is 158 Å². The molecule has 1 aliphatic heterocycles. The van der Waals surface area contributed by atoms with E-state index in [-0.39, 0.29) is 5.91 Å². The monoisotopic (exact) mass is 365 g/mol. The van der Waals surface area contributed by atoms with Crippen LogP contribution in [-0.2, 0) is 6.54 Å². The number of fused-ring (bicyclic) bond motifs is 1. The minimum absolute atomic E-state index is 0.220. The molecule has 2 aromatic heterocycles. The molecule has 1 fully saturated rings. The number of nitrogens with zero attached hydrogens (tertiary/aromatic N) is 2. The number of aryl methyl sites for hydroxylation is 1. The second-order valence-electron chi connectivity index (χ2n) is 6.82. The summed E-state index contributed by atoms with van der Waals surface area (Å²) < 4.78 is 11.0. The molecule has 6 nitrogen and oxygen atoms in total. The number of ether oxygens (including phenoxy) is 1. The van der Waals surface area contributed by atoms with E-state index in [0.29, 0.717) is 17.9 Å². The first-order chi connectivity index (χ1) is 13.2. The van der Waals surface area contributed by atoms with Crippen LogP contribution in [0.15, 0.2) is 40.9 Å². The Morgan fingerprint density at radius 3 is 2.85 bits per heavy atom. The number of pyridine rings is 1. The van der Waals surface area contributed by atoms with E-state index in [4.69, 9.17) is 9.15 Å². The Balaban J connectivity index is 1.49. The van der Waals surface area contributed by atoms with E-state index < -0.39 is 0 Å². The van der Waals surface area contributed by atoms with Gasteiger partial charge in [0.2, 0.25) is 0 Å². The highest BCUT2D eigenvalue weighted by atomic mass is 16.5. The summed E-state index contributed by atoms with van der Waals surface area (Å²) in [7, 11) is 1.62. The fraction of sp³-hybridized carbons (Fsp3) is 0.333. The third-order valence-electron chi connectivity index (χ3n) is 5.04. The minimum Gasteiger partial charge on any atom is -0.497 e. The van der Waals surface area contributed by atoms with Crippen LogP contribution in [-0.4, -0.2) is 31.1 Å². The molecule has 0 unspecified atom stereocenters. The SMILES string of the molecule is COc1ccc2oc(C(=O)NCc3ccnc(N4CCCC4)c3)c(C)c2c1. The summed E-state index contributed by atoms with van der Waals surface area (Å²) in [5.74, 6) is 1.84. The van der Waals surface area contributed by atoms with Gasteiger partial charge < -0.3 is 19.4 Å². The van der Waals surface area contributed by atoms with Crippen LogP contribution in [0.1, 0.15) is 34.5 Å². The molecule has 3 heterocycles. The topological polar surface area (TPSA) is 67.6 Å². The van der Waals surface area contributed by atoms with E-state index in [2.05, 4.69) is 15.2 Å². The van der Waals surface area contributed by atoms with Crippen molar-refractivity contribution in [1.82, 2.24) is 10.3 Å². The summed E-state index contributed by atoms with van der Waals surface area (Å²) in [6, 6.07) is 9.50. The van der Waals surface area contributed by atoms with Crippen LogP contribution in [0, 0.1) is 6.92 Å². The highest BCUT2D eigenvalue weighted by molar-refractivity contribution is 5.99. The Kier molecular flexibility index (Phi) is 4.71. The van der Waals surface area contributed by atoms with Gasteiger partial charge in [0.15, 0.2) is 5.76 Å². The van der Waals surface area contributed by atoms with Gasteiger partial charge in [-0.2, -0.15) is 0 Å². The largest absolute Gasteiger partial charge is 0.497 e. The average Bonchev–Trinajstić information content (AvgIpc) is 3.35. The molecule has 1 saturated heterocycles. The second-order valence-corrected chi connectivity index (χ2v) is 6.82. The van der Waals surface area contributed by atoms with E-state index >= 15 is 0 Å². The minimum atomic E-state index is -0.220. The lowest BCUT2D eigenvalue weighted by Crippen LogP contribution is -2.23. The fourth-order valence-corrected chi connectivity index (χ4v) is 3.50. The van der Waals surface area contributed by atoms with Crippen molar-refractivity contribution in [3.63, 3.8) is 0 Å². The van der Waals surface area contributed by atoms with Gasteiger partial charge in [0, 0.05) is 36.8 Å². The van der Waals surface area contributed by atoms with Crippen molar-refractivity contribution in [1.29, 1.82) is 0 Å². The molecule has 0 saturated carbocycles. The maximum absolute atomic E-state index is 12.6. The molecule has 1 aromatic carbocycles. The molecule has 0 spiro atoms. The number of furan rings is 1. The zero-order valence-electron chi connectivity index (χ0n) is 15.6. The summed E-state index contributed by atoms with van der Waals surface area (Å²) in [4.78, 5) is 19.4. The van der Waals surface area contributed by atoms with Crippen LogP contribution >= 0.6 is 0 Å². The van der Waals surface area contributed by atoms with Crippen LogP contribution < -0.4 is 15.0 Å². The van der Waals surface area contributed by atoms with Crippen LogP contribution in [0.25, 0.3) is 11.0 Å². The number of carbonyl (C=O) groups is 1. The molecule has 27 heavy (non-hydrogen) atoms. The van der Waals surface area contributed by atoms with Crippen molar-refractivity contribution < 1.29 is 13.9 Å². The quantitative estimate of drug-likeness (QED) is 0.747. The second kappa shape index (κ2) is 7.31. The summed E-state index contributed by atoms with van der Waals surface area (Å²) in [5, 5.41) is 3.84. The average molecular weight is 365 g/mol. The molecule has 1 aliphatic rings. The summed E-state index contributed by atoms with van der Waals surface area (Å²) in [5.41, 5.74) is 2.52. The van der Waals surface area contributed by atoms with Crippen molar-refractivity contribution in [3.8, 4) is 5.75 Å². The predicted octanol–water partition coefficient (Wildman–Crippen LogP) is 3.68. The molecule has 1 N–H and O–H groups in total. The van der Waals surface area contributed by atoms with Gasteiger partial charge in [0.1, 0.15) is 17.2 Å². The highest BCUT2D eigenvalue weighted by Crippen LogP contribution is 2.28. The third-order valence-corrected chi connectivity index (χ3v) is 5.04. The van der Waals surface area contributed by atoms with Gasteiger partial charge in [-0.3, -0.25) is 4.79 Å². The molecular formula is C21H23N3O3. The first kappa shape index (κ1) is 17.4. The van der Waals surface area contributed by atoms with Gasteiger partial charge in [-0.1, -0.05) is 0 Å². The number of hydrogen-bond donors (Lipinski definition) is 1. The molecule has 4 rings (SSSR count).